The molecule has 1 N–H and O–H groups in total. The molecule has 0 spiro atoms. The number of aliphatic hydroxyl groups excluding tert-OH is 1. The fraction of sp³-hybridized carbons (Fsp3) is 1.00. The second-order valence-electron chi connectivity index (χ2n) is 5.95. The molecule has 2 aliphatic rings. The molecule has 118 valence electrons. The van der Waals surface area contributed by atoms with Crippen LogP contribution in [0, 0.1) is 11.8 Å². The zero-order valence-electron chi connectivity index (χ0n) is 12.4. The van der Waals surface area contributed by atoms with Gasteiger partial charge in [-0.3, -0.25) is 0 Å². The highest BCUT2D eigenvalue weighted by Crippen LogP contribution is 2.26. The quantitative estimate of drug-likeness (QED) is 0.810. The SMILES string of the molecule is COC1CN(S(=O)(=O)N2CCCC(CO)C2)CCC1C. The van der Waals surface area contributed by atoms with Gasteiger partial charge in [-0.25, -0.2) is 0 Å². The van der Waals surface area contributed by atoms with Crippen LogP contribution in [0.15, 0.2) is 0 Å². The normalized spacial score (nSPS) is 34.2. The van der Waals surface area contributed by atoms with E-state index in [2.05, 4.69) is 6.92 Å². The van der Waals surface area contributed by atoms with Crippen LogP contribution in [0.25, 0.3) is 0 Å². The van der Waals surface area contributed by atoms with Gasteiger partial charge in [0.25, 0.3) is 10.2 Å². The van der Waals surface area contributed by atoms with Crippen molar-refractivity contribution >= 4 is 10.2 Å². The van der Waals surface area contributed by atoms with Gasteiger partial charge in [-0.1, -0.05) is 6.92 Å². The molecule has 0 saturated carbocycles. The van der Waals surface area contributed by atoms with Crippen molar-refractivity contribution in [3.05, 3.63) is 0 Å². The minimum absolute atomic E-state index is 0.0306. The molecule has 0 aromatic rings. The van der Waals surface area contributed by atoms with Gasteiger partial charge in [0.2, 0.25) is 0 Å². The fourth-order valence-corrected chi connectivity index (χ4v) is 4.83. The van der Waals surface area contributed by atoms with Crippen LogP contribution < -0.4 is 0 Å². The maximum absolute atomic E-state index is 12.7. The van der Waals surface area contributed by atoms with E-state index in [1.165, 1.54) is 4.31 Å². The molecule has 2 heterocycles. The lowest BCUT2D eigenvalue weighted by Gasteiger charge is -2.39. The molecule has 3 unspecified atom stereocenters. The van der Waals surface area contributed by atoms with Crippen LogP contribution in [0.1, 0.15) is 26.2 Å². The van der Waals surface area contributed by atoms with Gasteiger partial charge in [-0.2, -0.15) is 17.0 Å². The van der Waals surface area contributed by atoms with Crippen molar-refractivity contribution in [1.82, 2.24) is 8.61 Å². The summed E-state index contributed by atoms with van der Waals surface area (Å²) >= 11 is 0. The van der Waals surface area contributed by atoms with Gasteiger partial charge in [0.15, 0.2) is 0 Å². The van der Waals surface area contributed by atoms with Gasteiger partial charge in [0.05, 0.1) is 6.10 Å². The smallest absolute Gasteiger partial charge is 0.282 e. The van der Waals surface area contributed by atoms with E-state index in [1.807, 2.05) is 0 Å². The van der Waals surface area contributed by atoms with Crippen molar-refractivity contribution < 1.29 is 18.3 Å². The van der Waals surface area contributed by atoms with E-state index >= 15 is 0 Å². The number of rotatable bonds is 4. The van der Waals surface area contributed by atoms with E-state index in [0.717, 1.165) is 19.3 Å². The molecule has 0 aromatic heterocycles. The number of hydrogen-bond acceptors (Lipinski definition) is 4. The molecule has 0 amide bonds. The summed E-state index contributed by atoms with van der Waals surface area (Å²) in [6.45, 7) is 4.14. The third kappa shape index (κ3) is 3.33. The molecule has 3 atom stereocenters. The van der Waals surface area contributed by atoms with Crippen LogP contribution >= 0.6 is 0 Å². The second kappa shape index (κ2) is 6.70. The number of piperidine rings is 2. The van der Waals surface area contributed by atoms with Gasteiger partial charge in [0, 0.05) is 39.9 Å². The van der Waals surface area contributed by atoms with Crippen LogP contribution in [0.4, 0.5) is 0 Å². The van der Waals surface area contributed by atoms with Crippen molar-refractivity contribution in [2.45, 2.75) is 32.3 Å². The second-order valence-corrected chi connectivity index (χ2v) is 7.88. The molecule has 0 radical (unpaired) electrons. The lowest BCUT2D eigenvalue weighted by molar-refractivity contribution is 0.0162. The molecule has 2 aliphatic heterocycles. The first-order valence-corrected chi connectivity index (χ1v) is 8.77. The summed E-state index contributed by atoms with van der Waals surface area (Å²) in [4.78, 5) is 0. The van der Waals surface area contributed by atoms with E-state index in [4.69, 9.17) is 4.74 Å². The van der Waals surface area contributed by atoms with Crippen LogP contribution in [-0.4, -0.2) is 68.1 Å². The first-order chi connectivity index (χ1) is 9.48. The van der Waals surface area contributed by atoms with Gasteiger partial charge < -0.3 is 9.84 Å². The van der Waals surface area contributed by atoms with Crippen molar-refractivity contribution in [3.8, 4) is 0 Å². The summed E-state index contributed by atoms with van der Waals surface area (Å²) in [5.74, 6) is 0.457. The molecule has 20 heavy (non-hydrogen) atoms. The summed E-state index contributed by atoms with van der Waals surface area (Å²) < 4.78 is 33.8. The molecule has 0 aromatic carbocycles. The van der Waals surface area contributed by atoms with Crippen LogP contribution in [-0.2, 0) is 14.9 Å². The van der Waals surface area contributed by atoms with Gasteiger partial charge in [0.1, 0.15) is 0 Å². The minimum atomic E-state index is -3.42. The Balaban J connectivity index is 2.06. The predicted molar refractivity (Wildman–Crippen MR) is 76.5 cm³/mol. The Kier molecular flexibility index (Phi) is 5.42. The number of ether oxygens (including phenoxy) is 1. The van der Waals surface area contributed by atoms with Crippen molar-refractivity contribution in [3.63, 3.8) is 0 Å². The Labute approximate surface area is 121 Å². The van der Waals surface area contributed by atoms with Crippen molar-refractivity contribution in [2.24, 2.45) is 11.8 Å². The number of hydrogen-bond donors (Lipinski definition) is 1. The molecular formula is C13H26N2O4S. The van der Waals surface area contributed by atoms with Crippen molar-refractivity contribution in [2.75, 3.05) is 39.9 Å². The van der Waals surface area contributed by atoms with E-state index in [9.17, 15) is 13.5 Å². The standard InChI is InChI=1S/C13H26N2O4S/c1-11-5-7-15(9-13(11)19-2)20(17,18)14-6-3-4-12(8-14)10-16/h11-13,16H,3-10H2,1-2H3. The molecule has 2 saturated heterocycles. The van der Waals surface area contributed by atoms with Gasteiger partial charge in [-0.15, -0.1) is 0 Å². The average molecular weight is 306 g/mol. The Morgan fingerprint density at radius 2 is 1.90 bits per heavy atom. The number of nitrogens with zero attached hydrogens (tertiary/aromatic N) is 2. The Hall–Kier alpha value is -0.210. The average Bonchev–Trinajstić information content (AvgIpc) is 2.47. The first-order valence-electron chi connectivity index (χ1n) is 7.38. The van der Waals surface area contributed by atoms with Crippen LogP contribution in [0.2, 0.25) is 0 Å². The minimum Gasteiger partial charge on any atom is -0.396 e. The predicted octanol–water partition coefficient (Wildman–Crippen LogP) is 0.292. The highest BCUT2D eigenvalue weighted by atomic mass is 32.2. The third-order valence-electron chi connectivity index (χ3n) is 4.55. The molecule has 7 heteroatoms. The molecule has 0 aliphatic carbocycles. The van der Waals surface area contributed by atoms with Crippen LogP contribution in [0.5, 0.6) is 0 Å². The molecule has 0 bridgehead atoms. The zero-order valence-corrected chi connectivity index (χ0v) is 13.2. The van der Waals surface area contributed by atoms with E-state index in [1.54, 1.807) is 11.4 Å². The monoisotopic (exact) mass is 306 g/mol. The molecule has 2 fully saturated rings. The van der Waals surface area contributed by atoms with E-state index in [-0.39, 0.29) is 18.6 Å². The molecule has 2 rings (SSSR count). The molecule has 6 nitrogen and oxygen atoms in total. The maximum Gasteiger partial charge on any atom is 0.282 e. The highest BCUT2D eigenvalue weighted by Gasteiger charge is 2.38. The Morgan fingerprint density at radius 1 is 1.20 bits per heavy atom. The van der Waals surface area contributed by atoms with Crippen LogP contribution in [0.3, 0.4) is 0 Å². The van der Waals surface area contributed by atoms with Gasteiger partial charge in [-0.05, 0) is 31.1 Å². The number of methoxy groups -OCH3 is 1. The first kappa shape index (κ1) is 16.2. The summed E-state index contributed by atoms with van der Waals surface area (Å²) in [5.41, 5.74) is 0. The van der Waals surface area contributed by atoms with Gasteiger partial charge >= 0.3 is 0 Å². The summed E-state index contributed by atoms with van der Waals surface area (Å²) in [5, 5.41) is 9.24. The maximum atomic E-state index is 12.7. The highest BCUT2D eigenvalue weighted by molar-refractivity contribution is 7.86. The largest absolute Gasteiger partial charge is 0.396 e. The van der Waals surface area contributed by atoms with E-state index < -0.39 is 10.2 Å². The van der Waals surface area contributed by atoms with Crippen molar-refractivity contribution in [1.29, 1.82) is 0 Å². The molecular weight excluding hydrogens is 280 g/mol. The lowest BCUT2D eigenvalue weighted by Crippen LogP contribution is -2.53. The Morgan fingerprint density at radius 3 is 2.55 bits per heavy atom. The third-order valence-corrected chi connectivity index (χ3v) is 6.52. The summed E-state index contributed by atoms with van der Waals surface area (Å²) in [7, 11) is -1.78. The number of aliphatic hydroxyl groups is 1. The fourth-order valence-electron chi connectivity index (χ4n) is 3.07. The summed E-state index contributed by atoms with van der Waals surface area (Å²) in [6, 6.07) is 0. The topological polar surface area (TPSA) is 70.1 Å². The lowest BCUT2D eigenvalue weighted by atomic mass is 9.97. The Bertz CT molecular complexity index is 415. The zero-order chi connectivity index (χ0) is 14.8. The van der Waals surface area contributed by atoms with E-state index in [0.29, 0.717) is 32.1 Å². The summed E-state index contributed by atoms with van der Waals surface area (Å²) in [6.07, 6.45) is 2.52.